The fraction of sp³-hybridized carbons (Fsp3) is 0.333. The maximum absolute atomic E-state index is 13.5. The molecular weight excluding hydrogens is 455 g/mol. The SMILES string of the molecule is Cc1cc(CNC(=O)c2cc(C(=O)NCC3=CCC(C)(C(=O)O)CC3)n3ncnc3n2)ccc1F. The Morgan fingerprint density at radius 1 is 1.17 bits per heavy atom. The zero-order valence-electron chi connectivity index (χ0n) is 19.3. The van der Waals surface area contributed by atoms with E-state index in [9.17, 15) is 23.9 Å². The highest BCUT2D eigenvalue weighted by atomic mass is 19.1. The molecule has 0 aliphatic heterocycles. The first-order valence-electron chi connectivity index (χ1n) is 11.1. The highest BCUT2D eigenvalue weighted by molar-refractivity contribution is 5.98. The molecule has 3 N–H and O–H groups in total. The lowest BCUT2D eigenvalue weighted by atomic mass is 9.76. The quantitative estimate of drug-likeness (QED) is 0.442. The molecule has 0 saturated heterocycles. The molecule has 11 heteroatoms. The van der Waals surface area contributed by atoms with Crippen LogP contribution in [-0.2, 0) is 11.3 Å². The van der Waals surface area contributed by atoms with Gasteiger partial charge in [-0.15, -0.1) is 0 Å². The number of halogens is 1. The van der Waals surface area contributed by atoms with E-state index in [2.05, 4.69) is 25.7 Å². The molecule has 0 saturated carbocycles. The lowest BCUT2D eigenvalue weighted by Gasteiger charge is -2.28. The third-order valence-electron chi connectivity index (χ3n) is 6.22. The van der Waals surface area contributed by atoms with Gasteiger partial charge in [-0.05, 0) is 50.3 Å². The third kappa shape index (κ3) is 5.18. The van der Waals surface area contributed by atoms with E-state index in [4.69, 9.17) is 0 Å². The number of nitrogens with zero attached hydrogens (tertiary/aromatic N) is 4. The standard InChI is InChI=1S/C24H25FN6O4/c1-14-9-16(3-4-17(14)25)12-26-20(32)18-10-19(31-23(30-18)28-13-29-31)21(33)27-11-15-5-7-24(2,8-6-15)22(34)35/h3-5,9-10,13H,6-8,11-12H2,1-2H3,(H,26,32)(H,27,33)(H,34,35). The van der Waals surface area contributed by atoms with E-state index in [1.807, 2.05) is 6.08 Å². The Labute approximate surface area is 200 Å². The van der Waals surface area contributed by atoms with Gasteiger partial charge in [0.25, 0.3) is 17.6 Å². The molecule has 1 aliphatic carbocycles. The van der Waals surface area contributed by atoms with E-state index < -0.39 is 23.2 Å². The van der Waals surface area contributed by atoms with Crippen molar-refractivity contribution in [2.45, 2.75) is 39.7 Å². The van der Waals surface area contributed by atoms with E-state index in [-0.39, 0.29) is 36.1 Å². The second kappa shape index (κ2) is 9.61. The molecule has 1 atom stereocenters. The minimum Gasteiger partial charge on any atom is -0.481 e. The molecule has 0 radical (unpaired) electrons. The maximum Gasteiger partial charge on any atom is 0.309 e. The van der Waals surface area contributed by atoms with Crippen LogP contribution in [0.5, 0.6) is 0 Å². The number of hydrogen-bond donors (Lipinski definition) is 3. The predicted molar refractivity (Wildman–Crippen MR) is 123 cm³/mol. The summed E-state index contributed by atoms with van der Waals surface area (Å²) in [5.41, 5.74) is 1.41. The Kier molecular flexibility index (Phi) is 6.59. The Bertz CT molecular complexity index is 1350. The fourth-order valence-corrected chi connectivity index (χ4v) is 3.83. The van der Waals surface area contributed by atoms with Crippen LogP contribution in [0.15, 0.2) is 42.2 Å². The molecule has 3 aromatic rings. The molecule has 35 heavy (non-hydrogen) atoms. The Morgan fingerprint density at radius 2 is 1.94 bits per heavy atom. The second-order valence-electron chi connectivity index (χ2n) is 8.88. The minimum atomic E-state index is -0.831. The Hall–Kier alpha value is -4.15. The van der Waals surface area contributed by atoms with Gasteiger partial charge in [0.15, 0.2) is 0 Å². The molecule has 0 spiro atoms. The molecule has 182 valence electrons. The van der Waals surface area contributed by atoms with Gasteiger partial charge in [0.2, 0.25) is 0 Å². The summed E-state index contributed by atoms with van der Waals surface area (Å²) in [4.78, 5) is 45.3. The van der Waals surface area contributed by atoms with Crippen LogP contribution in [0.1, 0.15) is 58.3 Å². The summed E-state index contributed by atoms with van der Waals surface area (Å²) in [6, 6.07) is 5.89. The van der Waals surface area contributed by atoms with E-state index >= 15 is 0 Å². The zero-order chi connectivity index (χ0) is 25.2. The summed E-state index contributed by atoms with van der Waals surface area (Å²) in [5.74, 6) is -2.06. The van der Waals surface area contributed by atoms with Crippen LogP contribution in [0.2, 0.25) is 0 Å². The fourth-order valence-electron chi connectivity index (χ4n) is 3.83. The predicted octanol–water partition coefficient (Wildman–Crippen LogP) is 2.43. The van der Waals surface area contributed by atoms with Crippen molar-refractivity contribution in [3.05, 3.63) is 70.6 Å². The molecular formula is C24H25FN6O4. The average Bonchev–Trinajstić information content (AvgIpc) is 3.32. The topological polar surface area (TPSA) is 139 Å². The average molecular weight is 481 g/mol. The number of aromatic nitrogens is 4. The summed E-state index contributed by atoms with van der Waals surface area (Å²) in [6.07, 6.45) is 4.54. The highest BCUT2D eigenvalue weighted by Crippen LogP contribution is 2.34. The van der Waals surface area contributed by atoms with Crippen molar-refractivity contribution < 1.29 is 23.9 Å². The number of carbonyl (C=O) groups excluding carboxylic acids is 2. The van der Waals surface area contributed by atoms with E-state index in [0.717, 1.165) is 11.1 Å². The van der Waals surface area contributed by atoms with Crippen molar-refractivity contribution in [3.63, 3.8) is 0 Å². The summed E-state index contributed by atoms with van der Waals surface area (Å²) in [6.45, 7) is 3.76. The monoisotopic (exact) mass is 480 g/mol. The molecule has 1 aliphatic rings. The number of hydrogen-bond acceptors (Lipinski definition) is 6. The van der Waals surface area contributed by atoms with Gasteiger partial charge < -0.3 is 15.7 Å². The molecule has 1 aromatic carbocycles. The minimum absolute atomic E-state index is 0.0106. The summed E-state index contributed by atoms with van der Waals surface area (Å²) in [5, 5.41) is 18.9. The van der Waals surface area contributed by atoms with E-state index in [1.54, 1.807) is 26.0 Å². The number of carboxylic acids is 1. The van der Waals surface area contributed by atoms with Crippen molar-refractivity contribution >= 4 is 23.6 Å². The number of carboxylic acid groups (broad SMARTS) is 1. The van der Waals surface area contributed by atoms with Gasteiger partial charge in [0.05, 0.1) is 5.41 Å². The van der Waals surface area contributed by atoms with Gasteiger partial charge >= 0.3 is 5.97 Å². The van der Waals surface area contributed by atoms with Gasteiger partial charge in [-0.2, -0.15) is 14.6 Å². The molecule has 2 amide bonds. The van der Waals surface area contributed by atoms with E-state index in [1.165, 1.54) is 23.0 Å². The zero-order valence-corrected chi connectivity index (χ0v) is 19.3. The molecule has 1 unspecified atom stereocenters. The van der Waals surface area contributed by atoms with Crippen molar-refractivity contribution in [2.75, 3.05) is 6.54 Å². The number of allylic oxidation sites excluding steroid dienone is 1. The summed E-state index contributed by atoms with van der Waals surface area (Å²) in [7, 11) is 0. The molecule has 10 nitrogen and oxygen atoms in total. The molecule has 4 rings (SSSR count). The van der Waals surface area contributed by atoms with Crippen molar-refractivity contribution in [3.8, 4) is 0 Å². The van der Waals surface area contributed by atoms with E-state index in [0.29, 0.717) is 24.8 Å². The van der Waals surface area contributed by atoms with Gasteiger partial charge in [0.1, 0.15) is 23.5 Å². The summed E-state index contributed by atoms with van der Waals surface area (Å²) >= 11 is 0. The molecule has 0 fully saturated rings. The number of rotatable bonds is 7. The van der Waals surface area contributed by atoms with Gasteiger partial charge in [-0.25, -0.2) is 9.37 Å². The highest BCUT2D eigenvalue weighted by Gasteiger charge is 2.34. The van der Waals surface area contributed by atoms with Crippen LogP contribution in [0.4, 0.5) is 4.39 Å². The van der Waals surface area contributed by atoms with Crippen LogP contribution in [0, 0.1) is 18.2 Å². The molecule has 2 aromatic heterocycles. The largest absolute Gasteiger partial charge is 0.481 e. The number of aliphatic carboxylic acids is 1. The third-order valence-corrected chi connectivity index (χ3v) is 6.22. The number of benzene rings is 1. The number of nitrogens with one attached hydrogen (secondary N) is 2. The van der Waals surface area contributed by atoms with Crippen molar-refractivity contribution in [1.29, 1.82) is 0 Å². The van der Waals surface area contributed by atoms with Gasteiger partial charge in [0, 0.05) is 19.2 Å². The van der Waals surface area contributed by atoms with Gasteiger partial charge in [-0.1, -0.05) is 23.8 Å². The smallest absolute Gasteiger partial charge is 0.309 e. The van der Waals surface area contributed by atoms with Crippen molar-refractivity contribution in [2.24, 2.45) is 5.41 Å². The first kappa shape index (κ1) is 24.0. The van der Waals surface area contributed by atoms with Crippen LogP contribution < -0.4 is 10.6 Å². The van der Waals surface area contributed by atoms with Crippen LogP contribution in [-0.4, -0.2) is 49.0 Å². The maximum atomic E-state index is 13.5. The number of carbonyl (C=O) groups is 3. The number of amides is 2. The molecule has 0 bridgehead atoms. The van der Waals surface area contributed by atoms with Crippen LogP contribution >= 0.6 is 0 Å². The molecule has 2 heterocycles. The van der Waals surface area contributed by atoms with Gasteiger partial charge in [-0.3, -0.25) is 14.4 Å². The Balaban J connectivity index is 1.46. The second-order valence-corrected chi connectivity index (χ2v) is 8.88. The van der Waals surface area contributed by atoms with Crippen LogP contribution in [0.25, 0.3) is 5.78 Å². The Morgan fingerprint density at radius 3 is 2.63 bits per heavy atom. The van der Waals surface area contributed by atoms with Crippen LogP contribution in [0.3, 0.4) is 0 Å². The number of aryl methyl sites for hydroxylation is 1. The first-order chi connectivity index (χ1) is 16.7. The number of fused-ring (bicyclic) bond motifs is 1. The normalized spacial score (nSPS) is 17.6. The first-order valence-corrected chi connectivity index (χ1v) is 11.1. The van der Waals surface area contributed by atoms with Crippen molar-refractivity contribution in [1.82, 2.24) is 30.2 Å². The summed E-state index contributed by atoms with van der Waals surface area (Å²) < 4.78 is 14.7. The lowest BCUT2D eigenvalue weighted by Crippen LogP contribution is -2.33. The lowest BCUT2D eigenvalue weighted by molar-refractivity contribution is -0.148.